The summed E-state index contributed by atoms with van der Waals surface area (Å²) in [6.07, 6.45) is 12.3. The summed E-state index contributed by atoms with van der Waals surface area (Å²) in [5, 5.41) is 19.3. The predicted octanol–water partition coefficient (Wildman–Crippen LogP) is 4.30. The number of aliphatic hydroxyl groups excluding tert-OH is 2. The van der Waals surface area contributed by atoms with Gasteiger partial charge in [0.2, 0.25) is 0 Å². The van der Waals surface area contributed by atoms with Crippen LogP contribution in [0.5, 0.6) is 0 Å². The zero-order chi connectivity index (χ0) is 17.1. The summed E-state index contributed by atoms with van der Waals surface area (Å²) in [5.74, 6) is 1.19. The van der Waals surface area contributed by atoms with E-state index in [2.05, 4.69) is 26.0 Å². The Morgan fingerprint density at radius 3 is 2.75 bits per heavy atom. The Morgan fingerprint density at radius 2 is 2.00 bits per heavy atom. The summed E-state index contributed by atoms with van der Waals surface area (Å²) < 4.78 is 14.2. The molecule has 0 heterocycles. The Kier molecular flexibility index (Phi) is 3.81. The van der Waals surface area contributed by atoms with Gasteiger partial charge >= 0.3 is 0 Å². The van der Waals surface area contributed by atoms with Crippen LogP contribution in [0.1, 0.15) is 52.4 Å². The van der Waals surface area contributed by atoms with Gasteiger partial charge in [0, 0.05) is 5.41 Å². The topological polar surface area (TPSA) is 40.5 Å². The number of aliphatic hydroxyl groups is 2. The van der Waals surface area contributed by atoms with Crippen molar-refractivity contribution in [3.8, 4) is 0 Å². The Hall–Kier alpha value is -0.930. The van der Waals surface area contributed by atoms with E-state index in [-0.39, 0.29) is 22.8 Å². The zero-order valence-corrected chi connectivity index (χ0v) is 14.8. The third-order valence-electron chi connectivity index (χ3n) is 7.85. The molecule has 0 unspecified atom stereocenters. The van der Waals surface area contributed by atoms with Gasteiger partial charge in [0.25, 0.3) is 0 Å². The molecule has 0 saturated heterocycles. The molecular formula is C21H29FO2. The molecule has 2 fully saturated rings. The molecule has 0 aromatic carbocycles. The summed E-state index contributed by atoms with van der Waals surface area (Å²) in [5.41, 5.74) is 2.24. The molecule has 0 radical (unpaired) electrons. The minimum atomic E-state index is -0.490. The predicted molar refractivity (Wildman–Crippen MR) is 92.8 cm³/mol. The summed E-state index contributed by atoms with van der Waals surface area (Å²) >= 11 is 0. The number of fused-ring (bicyclic) bond motifs is 5. The van der Waals surface area contributed by atoms with Crippen LogP contribution in [0.25, 0.3) is 0 Å². The van der Waals surface area contributed by atoms with Crippen molar-refractivity contribution in [2.75, 3.05) is 6.61 Å². The van der Waals surface area contributed by atoms with Crippen LogP contribution in [0.2, 0.25) is 0 Å². The first-order chi connectivity index (χ1) is 11.4. The number of hydrogen-bond donors (Lipinski definition) is 2. The van der Waals surface area contributed by atoms with E-state index in [1.807, 2.05) is 6.08 Å². The molecule has 0 spiro atoms. The minimum absolute atomic E-state index is 0.163. The van der Waals surface area contributed by atoms with Gasteiger partial charge in [-0.25, -0.2) is 4.39 Å². The van der Waals surface area contributed by atoms with E-state index < -0.39 is 6.61 Å². The van der Waals surface area contributed by atoms with E-state index in [4.69, 9.17) is 0 Å². The fourth-order valence-electron chi connectivity index (χ4n) is 6.44. The molecule has 4 aliphatic rings. The highest BCUT2D eigenvalue weighted by molar-refractivity contribution is 5.40. The molecular weight excluding hydrogens is 303 g/mol. The largest absolute Gasteiger partial charge is 0.393 e. The number of allylic oxidation sites excluding steroid dienone is 4. The van der Waals surface area contributed by atoms with Crippen molar-refractivity contribution < 1.29 is 14.6 Å². The van der Waals surface area contributed by atoms with Gasteiger partial charge in [0.15, 0.2) is 0 Å². The Bertz CT molecular complexity index is 634. The molecule has 4 rings (SSSR count). The van der Waals surface area contributed by atoms with E-state index >= 15 is 0 Å². The Morgan fingerprint density at radius 1 is 1.25 bits per heavy atom. The molecule has 0 aliphatic heterocycles. The first-order valence-corrected chi connectivity index (χ1v) is 9.46. The second-order valence-corrected chi connectivity index (χ2v) is 8.87. The van der Waals surface area contributed by atoms with Gasteiger partial charge in [-0.1, -0.05) is 37.6 Å². The van der Waals surface area contributed by atoms with Crippen LogP contribution < -0.4 is 0 Å². The molecule has 0 bridgehead atoms. The Labute approximate surface area is 144 Å². The van der Waals surface area contributed by atoms with E-state index in [1.54, 1.807) is 0 Å². The summed E-state index contributed by atoms with van der Waals surface area (Å²) in [6.45, 7) is 4.09. The average Bonchev–Trinajstić information content (AvgIpc) is 2.92. The van der Waals surface area contributed by atoms with Gasteiger partial charge < -0.3 is 10.2 Å². The number of hydrogen-bond acceptors (Lipinski definition) is 2. The van der Waals surface area contributed by atoms with Crippen LogP contribution in [0.3, 0.4) is 0 Å². The van der Waals surface area contributed by atoms with Crippen LogP contribution in [0, 0.1) is 28.6 Å². The highest BCUT2D eigenvalue weighted by atomic mass is 19.1. The molecule has 3 heteroatoms. The lowest BCUT2D eigenvalue weighted by Crippen LogP contribution is -2.49. The summed E-state index contributed by atoms with van der Waals surface area (Å²) in [4.78, 5) is 0. The molecule has 2 saturated carbocycles. The third kappa shape index (κ3) is 2.13. The second kappa shape index (κ2) is 5.54. The minimum Gasteiger partial charge on any atom is -0.393 e. The van der Waals surface area contributed by atoms with Crippen molar-refractivity contribution in [3.63, 3.8) is 0 Å². The highest BCUT2D eigenvalue weighted by Crippen LogP contribution is 2.64. The van der Waals surface area contributed by atoms with Gasteiger partial charge in [-0.2, -0.15) is 0 Å². The first kappa shape index (κ1) is 16.5. The maximum atomic E-state index is 14.2. The van der Waals surface area contributed by atoms with Crippen molar-refractivity contribution in [3.05, 3.63) is 35.2 Å². The quantitative estimate of drug-likeness (QED) is 0.703. The van der Waals surface area contributed by atoms with Crippen molar-refractivity contribution in [1.29, 1.82) is 0 Å². The van der Waals surface area contributed by atoms with Crippen molar-refractivity contribution in [2.24, 2.45) is 28.6 Å². The second-order valence-electron chi connectivity index (χ2n) is 8.87. The normalized spacial score (nSPS) is 49.1. The lowest BCUT2D eigenvalue weighted by atomic mass is 9.47. The molecule has 0 aromatic heterocycles. The lowest BCUT2D eigenvalue weighted by Gasteiger charge is -2.57. The van der Waals surface area contributed by atoms with Crippen LogP contribution in [0.15, 0.2) is 35.2 Å². The van der Waals surface area contributed by atoms with Crippen LogP contribution in [-0.2, 0) is 0 Å². The Balaban J connectivity index is 1.69. The lowest BCUT2D eigenvalue weighted by molar-refractivity contribution is -0.0161. The maximum absolute atomic E-state index is 14.2. The molecule has 6 atom stereocenters. The fraction of sp³-hybridized carbons (Fsp3) is 0.714. The van der Waals surface area contributed by atoms with Crippen LogP contribution in [-0.4, -0.2) is 22.9 Å². The maximum Gasteiger partial charge on any atom is 0.129 e. The van der Waals surface area contributed by atoms with E-state index in [9.17, 15) is 14.6 Å². The van der Waals surface area contributed by atoms with Crippen molar-refractivity contribution in [2.45, 2.75) is 58.5 Å². The molecule has 24 heavy (non-hydrogen) atoms. The molecule has 132 valence electrons. The average molecular weight is 332 g/mol. The molecule has 4 aliphatic carbocycles. The highest BCUT2D eigenvalue weighted by Gasteiger charge is 2.56. The monoisotopic (exact) mass is 332 g/mol. The molecule has 2 N–H and O–H groups in total. The van der Waals surface area contributed by atoms with E-state index in [0.29, 0.717) is 17.8 Å². The first-order valence-electron chi connectivity index (χ1n) is 9.46. The zero-order valence-electron chi connectivity index (χ0n) is 14.8. The van der Waals surface area contributed by atoms with Gasteiger partial charge in [-0.05, 0) is 67.3 Å². The smallest absolute Gasteiger partial charge is 0.129 e. The number of halogens is 1. The number of rotatable bonds is 1. The van der Waals surface area contributed by atoms with Crippen molar-refractivity contribution >= 4 is 0 Å². The standard InChI is InChI=1S/C21H29FO2/c1-20-9-7-14(24)11-13(20)3-4-15-16-5-6-18(19(22)12-23)21(16,2)10-8-17(15)20/h3,5-6,14-17,23-24H,4,7-12H2,1-2H3/t14-,15-,16-,17-,20-,21-/m0/s1. The van der Waals surface area contributed by atoms with Gasteiger partial charge in [-0.15, -0.1) is 0 Å². The van der Waals surface area contributed by atoms with E-state index in [0.717, 1.165) is 44.1 Å². The third-order valence-corrected chi connectivity index (χ3v) is 7.85. The molecule has 0 aromatic rings. The van der Waals surface area contributed by atoms with Gasteiger partial charge in [-0.3, -0.25) is 0 Å². The SMILES string of the molecule is C[C@]12CC[C@H](O)CC1=CC[C@@H]1[C@@H]2CC[C@]2(C)C(=C(F)CO)C=C[C@@H]12. The van der Waals surface area contributed by atoms with Crippen molar-refractivity contribution in [1.82, 2.24) is 0 Å². The van der Waals surface area contributed by atoms with Gasteiger partial charge in [0.1, 0.15) is 5.83 Å². The molecule has 2 nitrogen and oxygen atoms in total. The molecule has 0 amide bonds. The van der Waals surface area contributed by atoms with E-state index in [1.165, 1.54) is 5.57 Å². The fourth-order valence-corrected chi connectivity index (χ4v) is 6.44. The van der Waals surface area contributed by atoms with Crippen LogP contribution in [0.4, 0.5) is 4.39 Å². The van der Waals surface area contributed by atoms with Gasteiger partial charge in [0.05, 0.1) is 12.7 Å². The summed E-state index contributed by atoms with van der Waals surface area (Å²) in [6, 6.07) is 0. The van der Waals surface area contributed by atoms with Crippen LogP contribution >= 0.6 is 0 Å². The summed E-state index contributed by atoms with van der Waals surface area (Å²) in [7, 11) is 0.